The van der Waals surface area contributed by atoms with Crippen molar-refractivity contribution < 1.29 is 14.3 Å². The largest absolute Gasteiger partial charge is 0.469 e. The number of piperidine rings is 1. The number of hydrogen-bond donors (Lipinski definition) is 0. The van der Waals surface area contributed by atoms with E-state index in [1.54, 1.807) is 29.2 Å². The first-order valence-corrected chi connectivity index (χ1v) is 9.29. The van der Waals surface area contributed by atoms with Crippen molar-refractivity contribution in [3.05, 3.63) is 40.3 Å². The van der Waals surface area contributed by atoms with Crippen molar-refractivity contribution in [2.75, 3.05) is 20.2 Å². The third-order valence-electron chi connectivity index (χ3n) is 4.93. The van der Waals surface area contributed by atoms with Gasteiger partial charge in [0.1, 0.15) is 0 Å². The summed E-state index contributed by atoms with van der Waals surface area (Å²) in [5, 5.41) is 5.48. The number of esters is 1. The van der Waals surface area contributed by atoms with E-state index in [0.29, 0.717) is 48.9 Å². The summed E-state index contributed by atoms with van der Waals surface area (Å²) in [4.78, 5) is 39.2. The minimum Gasteiger partial charge on any atom is -0.469 e. The quantitative estimate of drug-likeness (QED) is 0.769. The minimum absolute atomic E-state index is 0.168. The highest BCUT2D eigenvalue weighted by atomic mass is 16.5. The molecule has 0 aliphatic carbocycles. The molecule has 2 aromatic rings. The van der Waals surface area contributed by atoms with E-state index in [1.807, 2.05) is 13.8 Å². The fraction of sp³-hybridized carbons (Fsp3) is 0.500. The Kier molecular flexibility index (Phi) is 5.58. The molecule has 1 saturated heterocycles. The van der Waals surface area contributed by atoms with E-state index in [9.17, 15) is 14.4 Å². The van der Waals surface area contributed by atoms with Crippen LogP contribution >= 0.6 is 0 Å². The zero-order valence-electron chi connectivity index (χ0n) is 16.0. The van der Waals surface area contributed by atoms with Crippen LogP contribution < -0.4 is 5.56 Å². The summed E-state index contributed by atoms with van der Waals surface area (Å²) in [6, 6.07) is 7.09. The van der Waals surface area contributed by atoms with Gasteiger partial charge in [0.15, 0.2) is 5.69 Å². The zero-order valence-corrected chi connectivity index (χ0v) is 16.0. The summed E-state index contributed by atoms with van der Waals surface area (Å²) in [5.41, 5.74) is 0.114. The fourth-order valence-corrected chi connectivity index (χ4v) is 3.50. The molecule has 7 nitrogen and oxygen atoms in total. The lowest BCUT2D eigenvalue weighted by atomic mass is 9.96. The van der Waals surface area contributed by atoms with Crippen LogP contribution in [0, 0.1) is 11.8 Å². The van der Waals surface area contributed by atoms with Gasteiger partial charge in [0, 0.05) is 25.0 Å². The molecule has 0 N–H and O–H groups in total. The van der Waals surface area contributed by atoms with Crippen LogP contribution in [-0.2, 0) is 16.1 Å². The molecule has 1 amide bonds. The number of fused-ring (bicyclic) bond motifs is 1. The molecule has 0 saturated carbocycles. The highest BCUT2D eigenvalue weighted by molar-refractivity contribution is 6.04. The van der Waals surface area contributed by atoms with Gasteiger partial charge in [0.25, 0.3) is 11.5 Å². The standard InChI is InChI=1S/C20H25N3O4/c1-13(2)12-23-18(24)16-7-5-4-6-15(16)17(21-23)19(25)22-10-8-14(9-11-22)20(26)27-3/h4-7,13-14H,8-12H2,1-3H3. The molecule has 1 fully saturated rings. The van der Waals surface area contributed by atoms with Crippen molar-refractivity contribution in [3.8, 4) is 0 Å². The Morgan fingerprint density at radius 3 is 2.41 bits per heavy atom. The number of ether oxygens (including phenoxy) is 1. The van der Waals surface area contributed by atoms with E-state index >= 15 is 0 Å². The lowest BCUT2D eigenvalue weighted by Gasteiger charge is -2.30. The van der Waals surface area contributed by atoms with Gasteiger partial charge in [-0.1, -0.05) is 32.0 Å². The third kappa shape index (κ3) is 3.86. The summed E-state index contributed by atoms with van der Waals surface area (Å²) in [7, 11) is 1.38. The van der Waals surface area contributed by atoms with Gasteiger partial charge in [-0.15, -0.1) is 0 Å². The molecule has 0 unspecified atom stereocenters. The Bertz CT molecular complexity index is 911. The van der Waals surface area contributed by atoms with Gasteiger partial charge in [-0.2, -0.15) is 5.10 Å². The van der Waals surface area contributed by atoms with Gasteiger partial charge >= 0.3 is 5.97 Å². The first-order valence-electron chi connectivity index (χ1n) is 9.29. The highest BCUT2D eigenvalue weighted by Crippen LogP contribution is 2.22. The number of amides is 1. The SMILES string of the molecule is COC(=O)C1CCN(C(=O)c2nn(CC(C)C)c(=O)c3ccccc23)CC1. The Hall–Kier alpha value is -2.70. The number of rotatable bonds is 4. The molecular weight excluding hydrogens is 346 g/mol. The van der Waals surface area contributed by atoms with Gasteiger partial charge in [0.2, 0.25) is 0 Å². The number of benzene rings is 1. The Balaban J connectivity index is 1.94. The van der Waals surface area contributed by atoms with Crippen molar-refractivity contribution in [2.24, 2.45) is 11.8 Å². The van der Waals surface area contributed by atoms with Crippen LogP contribution in [-0.4, -0.2) is 46.8 Å². The second kappa shape index (κ2) is 7.90. The van der Waals surface area contributed by atoms with Crippen LogP contribution in [0.5, 0.6) is 0 Å². The lowest BCUT2D eigenvalue weighted by Crippen LogP contribution is -2.41. The molecule has 1 aromatic heterocycles. The molecule has 1 aliphatic heterocycles. The maximum atomic E-state index is 13.1. The van der Waals surface area contributed by atoms with E-state index in [-0.39, 0.29) is 29.3 Å². The fourth-order valence-electron chi connectivity index (χ4n) is 3.50. The van der Waals surface area contributed by atoms with E-state index in [2.05, 4.69) is 5.10 Å². The zero-order chi connectivity index (χ0) is 19.6. The van der Waals surface area contributed by atoms with Crippen LogP contribution in [0.3, 0.4) is 0 Å². The third-order valence-corrected chi connectivity index (χ3v) is 4.93. The smallest absolute Gasteiger partial charge is 0.308 e. The second-order valence-corrected chi connectivity index (χ2v) is 7.36. The van der Waals surface area contributed by atoms with Crippen LogP contribution in [0.15, 0.2) is 29.1 Å². The first kappa shape index (κ1) is 19.1. The maximum Gasteiger partial charge on any atom is 0.308 e. The number of carbonyl (C=O) groups is 2. The second-order valence-electron chi connectivity index (χ2n) is 7.36. The molecule has 0 radical (unpaired) electrons. The molecule has 7 heteroatoms. The summed E-state index contributed by atoms with van der Waals surface area (Å²) < 4.78 is 6.19. The molecule has 0 spiro atoms. The molecule has 27 heavy (non-hydrogen) atoms. The molecule has 0 atom stereocenters. The lowest BCUT2D eigenvalue weighted by molar-refractivity contribution is -0.146. The average molecular weight is 371 g/mol. The molecule has 1 aromatic carbocycles. The number of aromatic nitrogens is 2. The number of likely N-dealkylation sites (tertiary alicyclic amines) is 1. The molecule has 2 heterocycles. The number of nitrogens with zero attached hydrogens (tertiary/aromatic N) is 3. The predicted octanol–water partition coefficient (Wildman–Crippen LogP) is 2.08. The molecule has 144 valence electrons. The van der Waals surface area contributed by atoms with Gasteiger partial charge in [-0.3, -0.25) is 14.4 Å². The van der Waals surface area contributed by atoms with E-state index in [1.165, 1.54) is 11.8 Å². The Morgan fingerprint density at radius 2 is 1.81 bits per heavy atom. The first-order chi connectivity index (χ1) is 12.9. The summed E-state index contributed by atoms with van der Waals surface area (Å²) >= 11 is 0. The minimum atomic E-state index is -0.226. The van der Waals surface area contributed by atoms with Gasteiger partial charge in [-0.05, 0) is 24.8 Å². The molecule has 1 aliphatic rings. The van der Waals surface area contributed by atoms with Gasteiger partial charge in [0.05, 0.1) is 18.4 Å². The average Bonchev–Trinajstić information content (AvgIpc) is 2.69. The Morgan fingerprint density at radius 1 is 1.19 bits per heavy atom. The summed E-state index contributed by atoms with van der Waals surface area (Å²) in [5.74, 6) is -0.364. The number of carbonyl (C=O) groups excluding carboxylic acids is 2. The van der Waals surface area contributed by atoms with Crippen LogP contribution in [0.25, 0.3) is 10.8 Å². The van der Waals surface area contributed by atoms with Crippen molar-refractivity contribution in [2.45, 2.75) is 33.2 Å². The van der Waals surface area contributed by atoms with Crippen molar-refractivity contribution >= 4 is 22.6 Å². The van der Waals surface area contributed by atoms with E-state index in [0.717, 1.165) is 0 Å². The summed E-state index contributed by atoms with van der Waals surface area (Å²) in [6.45, 7) is 5.40. The van der Waals surface area contributed by atoms with Crippen molar-refractivity contribution in [1.29, 1.82) is 0 Å². The van der Waals surface area contributed by atoms with Crippen molar-refractivity contribution in [3.63, 3.8) is 0 Å². The topological polar surface area (TPSA) is 81.5 Å². The van der Waals surface area contributed by atoms with Gasteiger partial charge < -0.3 is 9.64 Å². The number of methoxy groups -OCH3 is 1. The van der Waals surface area contributed by atoms with Crippen LogP contribution in [0.4, 0.5) is 0 Å². The maximum absolute atomic E-state index is 13.1. The highest BCUT2D eigenvalue weighted by Gasteiger charge is 2.30. The predicted molar refractivity (Wildman–Crippen MR) is 101 cm³/mol. The normalized spacial score (nSPS) is 15.3. The van der Waals surface area contributed by atoms with Crippen LogP contribution in [0.2, 0.25) is 0 Å². The van der Waals surface area contributed by atoms with E-state index in [4.69, 9.17) is 4.74 Å². The van der Waals surface area contributed by atoms with Crippen molar-refractivity contribution in [1.82, 2.24) is 14.7 Å². The van der Waals surface area contributed by atoms with E-state index < -0.39 is 0 Å². The molecule has 3 rings (SSSR count). The molecule has 0 bridgehead atoms. The summed E-state index contributed by atoms with van der Waals surface area (Å²) in [6.07, 6.45) is 1.14. The Labute approximate surface area is 157 Å². The molecular formula is C20H25N3O4. The van der Waals surface area contributed by atoms with Crippen LogP contribution in [0.1, 0.15) is 37.2 Å². The van der Waals surface area contributed by atoms with Gasteiger partial charge in [-0.25, -0.2) is 4.68 Å². The monoisotopic (exact) mass is 371 g/mol. The number of hydrogen-bond acceptors (Lipinski definition) is 5.